The lowest BCUT2D eigenvalue weighted by molar-refractivity contribution is -0.116. The Hall–Kier alpha value is -1.72. The molecule has 0 saturated carbocycles. The molecule has 4 rings (SSSR count). The highest BCUT2D eigenvalue weighted by Gasteiger charge is 2.30. The van der Waals surface area contributed by atoms with Crippen molar-refractivity contribution in [2.75, 3.05) is 5.32 Å². The Labute approximate surface area is 155 Å². The average molecular weight is 449 g/mol. The molecule has 0 fully saturated rings. The molecule has 24 heavy (non-hydrogen) atoms. The number of nitrogens with one attached hydrogen (secondary N) is 1. The van der Waals surface area contributed by atoms with Gasteiger partial charge in [-0.15, -0.1) is 0 Å². The smallest absolute Gasteiger partial charge is 0.225 e. The van der Waals surface area contributed by atoms with Crippen LogP contribution in [0.3, 0.4) is 0 Å². The van der Waals surface area contributed by atoms with Crippen LogP contribution in [0, 0.1) is 5.82 Å². The average Bonchev–Trinajstić information content (AvgIpc) is 2.58. The molecule has 0 spiro atoms. The summed E-state index contributed by atoms with van der Waals surface area (Å²) in [4.78, 5) is 12.3. The lowest BCUT2D eigenvalue weighted by atomic mass is 9.83. The maximum absolute atomic E-state index is 14.4. The predicted octanol–water partition coefficient (Wildman–Crippen LogP) is 5.98. The summed E-state index contributed by atoms with van der Waals surface area (Å²) in [6.45, 7) is 0. The largest absolute Gasteiger partial charge is 0.325 e. The van der Waals surface area contributed by atoms with Crippen molar-refractivity contribution in [1.29, 1.82) is 0 Å². The Morgan fingerprint density at radius 2 is 1.75 bits per heavy atom. The van der Waals surface area contributed by atoms with Crippen LogP contribution in [-0.4, -0.2) is 5.91 Å². The molecule has 1 N–H and O–H groups in total. The SMILES string of the molecule is O=C1CC(c2cc(Br)ccc2F)c2cc(Br)c3ccccc3c2N1. The lowest BCUT2D eigenvalue weighted by Gasteiger charge is -2.28. The minimum absolute atomic E-state index is 0.0978. The maximum Gasteiger partial charge on any atom is 0.225 e. The minimum atomic E-state index is -0.313. The first-order valence-electron chi connectivity index (χ1n) is 7.50. The second-order valence-electron chi connectivity index (χ2n) is 5.84. The van der Waals surface area contributed by atoms with Gasteiger partial charge in [-0.05, 0) is 40.8 Å². The first-order chi connectivity index (χ1) is 11.5. The number of fused-ring (bicyclic) bond motifs is 3. The third-order valence-corrected chi connectivity index (χ3v) is 5.54. The van der Waals surface area contributed by atoms with Crippen LogP contribution in [0.15, 0.2) is 57.5 Å². The van der Waals surface area contributed by atoms with Crippen molar-refractivity contribution in [2.45, 2.75) is 12.3 Å². The number of rotatable bonds is 1. The van der Waals surface area contributed by atoms with E-state index in [9.17, 15) is 9.18 Å². The molecule has 1 unspecified atom stereocenters. The quantitative estimate of drug-likeness (QED) is 0.487. The minimum Gasteiger partial charge on any atom is -0.325 e. The number of anilines is 1. The molecule has 120 valence electrons. The van der Waals surface area contributed by atoms with E-state index in [1.165, 1.54) is 6.07 Å². The molecule has 5 heteroatoms. The van der Waals surface area contributed by atoms with Gasteiger partial charge in [0.2, 0.25) is 5.91 Å². The molecule has 2 nitrogen and oxygen atoms in total. The number of benzene rings is 3. The highest BCUT2D eigenvalue weighted by Crippen LogP contribution is 2.44. The van der Waals surface area contributed by atoms with Crippen molar-refractivity contribution >= 4 is 54.2 Å². The van der Waals surface area contributed by atoms with Crippen LogP contribution in [0.5, 0.6) is 0 Å². The Kier molecular flexibility index (Phi) is 3.93. The van der Waals surface area contributed by atoms with Gasteiger partial charge in [-0.3, -0.25) is 4.79 Å². The predicted molar refractivity (Wildman–Crippen MR) is 101 cm³/mol. The van der Waals surface area contributed by atoms with Crippen molar-refractivity contribution in [1.82, 2.24) is 0 Å². The molecule has 0 saturated heterocycles. The monoisotopic (exact) mass is 447 g/mol. The number of amides is 1. The van der Waals surface area contributed by atoms with Gasteiger partial charge in [0.05, 0.1) is 5.69 Å². The van der Waals surface area contributed by atoms with Crippen LogP contribution in [0.4, 0.5) is 10.1 Å². The highest BCUT2D eigenvalue weighted by atomic mass is 79.9. The first-order valence-corrected chi connectivity index (χ1v) is 9.09. The number of hydrogen-bond donors (Lipinski definition) is 1. The van der Waals surface area contributed by atoms with Crippen molar-refractivity contribution in [3.05, 3.63) is 74.4 Å². The third-order valence-electron chi connectivity index (χ3n) is 4.39. The summed E-state index contributed by atoms with van der Waals surface area (Å²) >= 11 is 7.00. The fourth-order valence-corrected chi connectivity index (χ4v) is 4.28. The van der Waals surface area contributed by atoms with Gasteiger partial charge in [0, 0.05) is 26.7 Å². The van der Waals surface area contributed by atoms with Gasteiger partial charge in [0.25, 0.3) is 0 Å². The van der Waals surface area contributed by atoms with Crippen LogP contribution >= 0.6 is 31.9 Å². The molecule has 0 radical (unpaired) electrons. The third kappa shape index (κ3) is 2.56. The molecule has 3 aromatic rings. The summed E-state index contributed by atoms with van der Waals surface area (Å²) in [6, 6.07) is 14.7. The molecule has 0 aromatic heterocycles. The van der Waals surface area contributed by atoms with E-state index in [1.807, 2.05) is 30.3 Å². The summed E-state index contributed by atoms with van der Waals surface area (Å²) in [5, 5.41) is 4.94. The van der Waals surface area contributed by atoms with Gasteiger partial charge in [0.1, 0.15) is 5.82 Å². The standard InChI is InChI=1S/C19H12Br2FNO/c20-10-5-6-17(22)14(7-10)13-9-18(24)23-19-12-4-2-1-3-11(12)16(21)8-15(13)19/h1-8,13H,9H2,(H,23,24). The van der Waals surface area contributed by atoms with Crippen LogP contribution in [0.2, 0.25) is 0 Å². The lowest BCUT2D eigenvalue weighted by Crippen LogP contribution is -2.24. The fraction of sp³-hybridized carbons (Fsp3) is 0.105. The molecule has 0 aliphatic carbocycles. The number of carbonyl (C=O) groups is 1. The Balaban J connectivity index is 2.01. The highest BCUT2D eigenvalue weighted by molar-refractivity contribution is 9.11. The molecule has 1 amide bonds. The molecule has 1 heterocycles. The fourth-order valence-electron chi connectivity index (χ4n) is 3.31. The van der Waals surface area contributed by atoms with Crippen molar-refractivity contribution in [3.8, 4) is 0 Å². The zero-order chi connectivity index (χ0) is 16.8. The van der Waals surface area contributed by atoms with E-state index in [1.54, 1.807) is 12.1 Å². The van der Waals surface area contributed by atoms with E-state index >= 15 is 0 Å². The molecule has 1 atom stereocenters. The molecular weight excluding hydrogens is 437 g/mol. The molecule has 1 aliphatic rings. The number of carbonyl (C=O) groups excluding carboxylic acids is 1. The van der Waals surface area contributed by atoms with Gasteiger partial charge in [-0.1, -0.05) is 56.1 Å². The first kappa shape index (κ1) is 15.8. The van der Waals surface area contributed by atoms with E-state index in [2.05, 4.69) is 37.2 Å². The summed E-state index contributed by atoms with van der Waals surface area (Å²) in [5.74, 6) is -0.709. The van der Waals surface area contributed by atoms with E-state index in [4.69, 9.17) is 0 Å². The summed E-state index contributed by atoms with van der Waals surface area (Å²) < 4.78 is 16.2. The molecule has 0 bridgehead atoms. The van der Waals surface area contributed by atoms with Crippen LogP contribution in [0.25, 0.3) is 10.8 Å². The van der Waals surface area contributed by atoms with Crippen molar-refractivity contribution in [3.63, 3.8) is 0 Å². The van der Waals surface area contributed by atoms with Gasteiger partial charge < -0.3 is 5.32 Å². The Morgan fingerprint density at radius 1 is 1.00 bits per heavy atom. The second kappa shape index (κ2) is 5.97. The second-order valence-corrected chi connectivity index (χ2v) is 7.61. The van der Waals surface area contributed by atoms with Crippen molar-refractivity contribution in [2.24, 2.45) is 0 Å². The Morgan fingerprint density at radius 3 is 2.54 bits per heavy atom. The van der Waals surface area contributed by atoms with E-state index in [-0.39, 0.29) is 24.1 Å². The molecular formula is C19H12Br2FNO. The number of halogens is 3. The summed E-state index contributed by atoms with van der Waals surface area (Å²) in [5.41, 5.74) is 2.23. The summed E-state index contributed by atoms with van der Waals surface area (Å²) in [7, 11) is 0. The van der Waals surface area contributed by atoms with Crippen LogP contribution in [0.1, 0.15) is 23.5 Å². The van der Waals surface area contributed by atoms with E-state index < -0.39 is 0 Å². The van der Waals surface area contributed by atoms with Gasteiger partial charge in [-0.2, -0.15) is 0 Å². The maximum atomic E-state index is 14.4. The van der Waals surface area contributed by atoms with Gasteiger partial charge in [-0.25, -0.2) is 4.39 Å². The molecule has 1 aliphatic heterocycles. The van der Waals surface area contributed by atoms with Gasteiger partial charge in [0.15, 0.2) is 0 Å². The van der Waals surface area contributed by atoms with E-state index in [0.717, 1.165) is 31.0 Å². The van der Waals surface area contributed by atoms with E-state index in [0.29, 0.717) is 5.56 Å². The zero-order valence-corrected chi connectivity index (χ0v) is 15.6. The normalized spacial score (nSPS) is 16.8. The topological polar surface area (TPSA) is 29.1 Å². The Bertz CT molecular complexity index is 987. The van der Waals surface area contributed by atoms with Crippen LogP contribution < -0.4 is 5.32 Å². The van der Waals surface area contributed by atoms with Crippen molar-refractivity contribution < 1.29 is 9.18 Å². The van der Waals surface area contributed by atoms with Gasteiger partial charge >= 0.3 is 0 Å². The number of hydrogen-bond acceptors (Lipinski definition) is 1. The van der Waals surface area contributed by atoms with Crippen LogP contribution in [-0.2, 0) is 4.79 Å². The zero-order valence-electron chi connectivity index (χ0n) is 12.4. The summed E-state index contributed by atoms with van der Waals surface area (Å²) in [6.07, 6.45) is 0.227. The molecule has 3 aromatic carbocycles.